The molecule has 62 valence electrons. The van der Waals surface area contributed by atoms with E-state index in [1.165, 1.54) is 23.3 Å². The molecule has 0 spiro atoms. The summed E-state index contributed by atoms with van der Waals surface area (Å²) in [4.78, 5) is 4.40. The van der Waals surface area contributed by atoms with Crippen LogP contribution in [0.4, 0.5) is 0 Å². The highest BCUT2D eigenvalue weighted by molar-refractivity contribution is 5.66. The van der Waals surface area contributed by atoms with Crippen molar-refractivity contribution >= 4 is 5.57 Å². The van der Waals surface area contributed by atoms with Crippen LogP contribution in [0.5, 0.6) is 0 Å². The molecule has 1 aliphatic rings. The van der Waals surface area contributed by atoms with Gasteiger partial charge in [0.2, 0.25) is 0 Å². The van der Waals surface area contributed by atoms with Crippen LogP contribution in [-0.2, 0) is 6.42 Å². The van der Waals surface area contributed by atoms with Crippen molar-refractivity contribution in [2.45, 2.75) is 26.2 Å². The van der Waals surface area contributed by atoms with E-state index >= 15 is 0 Å². The normalized spacial score (nSPS) is 15.2. The van der Waals surface area contributed by atoms with Crippen LogP contribution in [0.2, 0.25) is 0 Å². The number of hydrogen-bond acceptors (Lipinski definition) is 1. The Morgan fingerprint density at radius 1 is 1.50 bits per heavy atom. The minimum atomic E-state index is 1.10. The van der Waals surface area contributed by atoms with Gasteiger partial charge in [0, 0.05) is 6.20 Å². The summed E-state index contributed by atoms with van der Waals surface area (Å²) in [6.45, 7) is 2.19. The highest BCUT2D eigenvalue weighted by atomic mass is 14.7. The molecule has 0 saturated heterocycles. The Labute approximate surface area is 73.1 Å². The largest absolute Gasteiger partial charge is 0.256 e. The minimum Gasteiger partial charge on any atom is -0.256 e. The molecule has 0 aromatic carbocycles. The van der Waals surface area contributed by atoms with Gasteiger partial charge < -0.3 is 0 Å². The minimum absolute atomic E-state index is 1.10. The van der Waals surface area contributed by atoms with Crippen molar-refractivity contribution in [1.29, 1.82) is 0 Å². The molecule has 0 radical (unpaired) electrons. The van der Waals surface area contributed by atoms with E-state index in [0.29, 0.717) is 0 Å². The first-order chi connectivity index (χ1) is 5.92. The molecule has 1 aliphatic carbocycles. The van der Waals surface area contributed by atoms with Gasteiger partial charge in [-0.25, -0.2) is 0 Å². The van der Waals surface area contributed by atoms with E-state index < -0.39 is 0 Å². The molecule has 0 atom stereocenters. The van der Waals surface area contributed by atoms with E-state index in [0.717, 1.165) is 12.8 Å². The van der Waals surface area contributed by atoms with Crippen molar-refractivity contribution in [3.8, 4) is 0 Å². The Bertz CT molecular complexity index is 313. The van der Waals surface area contributed by atoms with Crippen LogP contribution in [0.25, 0.3) is 5.57 Å². The maximum atomic E-state index is 4.40. The Kier molecular flexibility index (Phi) is 1.94. The van der Waals surface area contributed by atoms with Crippen molar-refractivity contribution in [1.82, 2.24) is 4.98 Å². The molecular weight excluding hydrogens is 146 g/mol. The van der Waals surface area contributed by atoms with Crippen LogP contribution >= 0.6 is 0 Å². The fraction of sp³-hybridized carbons (Fsp3) is 0.364. The summed E-state index contributed by atoms with van der Waals surface area (Å²) in [7, 11) is 0. The van der Waals surface area contributed by atoms with Gasteiger partial charge in [0.15, 0.2) is 0 Å². The average Bonchev–Trinajstić information content (AvgIpc) is 2.17. The molecular formula is C11H13N. The lowest BCUT2D eigenvalue weighted by Crippen LogP contribution is -2.01. The SMILES string of the molecule is CCC1=CCCc2cccnc21. The van der Waals surface area contributed by atoms with Gasteiger partial charge in [-0.05, 0) is 36.5 Å². The van der Waals surface area contributed by atoms with Gasteiger partial charge in [-0.2, -0.15) is 0 Å². The third-order valence-corrected chi connectivity index (χ3v) is 2.38. The second-order valence-corrected chi connectivity index (χ2v) is 3.13. The maximum Gasteiger partial charge on any atom is 0.0690 e. The summed E-state index contributed by atoms with van der Waals surface area (Å²) in [5, 5.41) is 0. The topological polar surface area (TPSA) is 12.9 Å². The van der Waals surface area contributed by atoms with Crippen molar-refractivity contribution in [3.63, 3.8) is 0 Å². The van der Waals surface area contributed by atoms with E-state index in [4.69, 9.17) is 0 Å². The monoisotopic (exact) mass is 159 g/mol. The summed E-state index contributed by atoms with van der Waals surface area (Å²) >= 11 is 0. The molecule has 2 rings (SSSR count). The molecule has 0 aliphatic heterocycles. The number of pyridine rings is 1. The van der Waals surface area contributed by atoms with Crippen molar-refractivity contribution < 1.29 is 0 Å². The van der Waals surface area contributed by atoms with Gasteiger partial charge in [-0.15, -0.1) is 0 Å². The van der Waals surface area contributed by atoms with Crippen LogP contribution in [0, 0.1) is 0 Å². The molecule has 0 fully saturated rings. The Morgan fingerprint density at radius 3 is 3.25 bits per heavy atom. The molecule has 0 amide bonds. The van der Waals surface area contributed by atoms with Gasteiger partial charge in [-0.1, -0.05) is 19.1 Å². The summed E-state index contributed by atoms with van der Waals surface area (Å²) in [5.41, 5.74) is 4.06. The molecule has 1 aromatic heterocycles. The number of nitrogens with zero attached hydrogens (tertiary/aromatic N) is 1. The number of fused-ring (bicyclic) bond motifs is 1. The maximum absolute atomic E-state index is 4.40. The average molecular weight is 159 g/mol. The first-order valence-electron chi connectivity index (χ1n) is 4.55. The molecule has 0 bridgehead atoms. The Balaban J connectivity index is 2.48. The zero-order chi connectivity index (χ0) is 8.39. The van der Waals surface area contributed by atoms with Crippen molar-refractivity contribution in [3.05, 3.63) is 35.7 Å². The van der Waals surface area contributed by atoms with Crippen molar-refractivity contribution in [2.24, 2.45) is 0 Å². The second kappa shape index (κ2) is 3.10. The second-order valence-electron chi connectivity index (χ2n) is 3.13. The van der Waals surface area contributed by atoms with E-state index in [1.54, 1.807) is 0 Å². The van der Waals surface area contributed by atoms with Crippen LogP contribution in [0.3, 0.4) is 0 Å². The van der Waals surface area contributed by atoms with Gasteiger partial charge in [0.05, 0.1) is 5.69 Å². The first-order valence-corrected chi connectivity index (χ1v) is 4.55. The Hall–Kier alpha value is -1.11. The highest BCUT2D eigenvalue weighted by Crippen LogP contribution is 2.25. The quantitative estimate of drug-likeness (QED) is 0.614. The fourth-order valence-corrected chi connectivity index (χ4v) is 1.74. The van der Waals surface area contributed by atoms with E-state index in [-0.39, 0.29) is 0 Å². The summed E-state index contributed by atoms with van der Waals surface area (Å²) in [6.07, 6.45) is 7.64. The van der Waals surface area contributed by atoms with Crippen LogP contribution in [-0.4, -0.2) is 4.98 Å². The molecule has 0 N–H and O–H groups in total. The highest BCUT2D eigenvalue weighted by Gasteiger charge is 2.10. The van der Waals surface area contributed by atoms with Gasteiger partial charge in [0.1, 0.15) is 0 Å². The zero-order valence-corrected chi connectivity index (χ0v) is 7.38. The zero-order valence-electron chi connectivity index (χ0n) is 7.38. The van der Waals surface area contributed by atoms with Gasteiger partial charge in [-0.3, -0.25) is 4.98 Å². The van der Waals surface area contributed by atoms with Crippen molar-refractivity contribution in [2.75, 3.05) is 0 Å². The molecule has 1 nitrogen and oxygen atoms in total. The molecule has 0 unspecified atom stereocenters. The third kappa shape index (κ3) is 1.15. The lowest BCUT2D eigenvalue weighted by molar-refractivity contribution is 0.938. The third-order valence-electron chi connectivity index (χ3n) is 2.38. The lowest BCUT2D eigenvalue weighted by Gasteiger charge is -2.14. The summed E-state index contributed by atoms with van der Waals surface area (Å²) in [6, 6.07) is 4.21. The van der Waals surface area contributed by atoms with E-state index in [9.17, 15) is 0 Å². The molecule has 1 aromatic rings. The molecule has 1 heteroatoms. The van der Waals surface area contributed by atoms with Gasteiger partial charge >= 0.3 is 0 Å². The standard InChI is InChI=1S/C11H13N/c1-2-9-5-3-6-10-7-4-8-12-11(9)10/h4-5,7-8H,2-3,6H2,1H3. The lowest BCUT2D eigenvalue weighted by atomic mass is 9.94. The number of hydrogen-bond donors (Lipinski definition) is 0. The van der Waals surface area contributed by atoms with Crippen LogP contribution in [0.1, 0.15) is 31.0 Å². The number of allylic oxidation sites excluding steroid dienone is 2. The first kappa shape index (κ1) is 7.53. The molecule has 1 heterocycles. The summed E-state index contributed by atoms with van der Waals surface area (Å²) in [5.74, 6) is 0. The molecule has 0 saturated carbocycles. The Morgan fingerprint density at radius 2 is 2.42 bits per heavy atom. The van der Waals surface area contributed by atoms with Crippen LogP contribution < -0.4 is 0 Å². The fourth-order valence-electron chi connectivity index (χ4n) is 1.74. The van der Waals surface area contributed by atoms with E-state index in [1.807, 2.05) is 12.3 Å². The summed E-state index contributed by atoms with van der Waals surface area (Å²) < 4.78 is 0. The number of aryl methyl sites for hydroxylation is 1. The van der Waals surface area contributed by atoms with Crippen LogP contribution in [0.15, 0.2) is 24.4 Å². The predicted molar refractivity (Wildman–Crippen MR) is 50.8 cm³/mol. The smallest absolute Gasteiger partial charge is 0.0690 e. The number of aromatic nitrogens is 1. The molecule has 12 heavy (non-hydrogen) atoms. The predicted octanol–water partition coefficient (Wildman–Crippen LogP) is 2.82. The number of rotatable bonds is 1. The van der Waals surface area contributed by atoms with E-state index in [2.05, 4.69) is 24.1 Å². The van der Waals surface area contributed by atoms with Gasteiger partial charge in [0.25, 0.3) is 0 Å².